The van der Waals surface area contributed by atoms with Crippen LogP contribution < -0.4 is 11.1 Å². The van der Waals surface area contributed by atoms with Crippen molar-refractivity contribution in [1.29, 1.82) is 0 Å². The van der Waals surface area contributed by atoms with Crippen molar-refractivity contribution in [2.24, 2.45) is 11.7 Å². The van der Waals surface area contributed by atoms with Crippen LogP contribution in [0.15, 0.2) is 10.8 Å². The van der Waals surface area contributed by atoms with E-state index in [1.54, 1.807) is 11.3 Å². The number of carbonyl (C=O) groups is 1. The van der Waals surface area contributed by atoms with Gasteiger partial charge in [0.25, 0.3) is 0 Å². The Bertz CT molecular complexity index is 429. The van der Waals surface area contributed by atoms with Crippen molar-refractivity contribution >= 4 is 17.2 Å². The average molecular weight is 266 g/mol. The van der Waals surface area contributed by atoms with Crippen LogP contribution in [0.2, 0.25) is 0 Å². The molecule has 1 aliphatic carbocycles. The molecule has 1 fully saturated rings. The standard InChI is InChI=1S/C14H22N2OS/c1-10-4-3-5-14(15,6-10)13(17)16-7-12-9-18-8-11(12)2/h8-10H,3-7,15H2,1-2H3,(H,16,17). The zero-order chi connectivity index (χ0) is 13.2. The largest absolute Gasteiger partial charge is 0.350 e. The molecule has 0 spiro atoms. The Morgan fingerprint density at radius 1 is 1.61 bits per heavy atom. The van der Waals surface area contributed by atoms with E-state index in [9.17, 15) is 4.79 Å². The number of rotatable bonds is 3. The summed E-state index contributed by atoms with van der Waals surface area (Å²) in [6.07, 6.45) is 3.87. The first-order chi connectivity index (χ1) is 8.51. The van der Waals surface area contributed by atoms with E-state index in [-0.39, 0.29) is 5.91 Å². The molecule has 0 radical (unpaired) electrons. The van der Waals surface area contributed by atoms with Crippen molar-refractivity contribution in [2.75, 3.05) is 0 Å². The van der Waals surface area contributed by atoms with Crippen LogP contribution in [-0.2, 0) is 11.3 Å². The van der Waals surface area contributed by atoms with Crippen molar-refractivity contribution in [1.82, 2.24) is 5.32 Å². The summed E-state index contributed by atoms with van der Waals surface area (Å²) < 4.78 is 0. The highest BCUT2D eigenvalue weighted by Crippen LogP contribution is 2.30. The van der Waals surface area contributed by atoms with Gasteiger partial charge in [-0.2, -0.15) is 11.3 Å². The van der Waals surface area contributed by atoms with Gasteiger partial charge in [0.05, 0.1) is 5.54 Å². The predicted molar refractivity (Wildman–Crippen MR) is 75.5 cm³/mol. The molecule has 1 heterocycles. The normalized spacial score (nSPS) is 28.1. The molecule has 1 saturated carbocycles. The van der Waals surface area contributed by atoms with Crippen molar-refractivity contribution < 1.29 is 4.79 Å². The van der Waals surface area contributed by atoms with Crippen LogP contribution in [0.25, 0.3) is 0 Å². The molecule has 3 N–H and O–H groups in total. The van der Waals surface area contributed by atoms with Crippen molar-refractivity contribution in [3.63, 3.8) is 0 Å². The third-order valence-corrected chi connectivity index (χ3v) is 4.80. The van der Waals surface area contributed by atoms with Gasteiger partial charge in [-0.05, 0) is 47.6 Å². The van der Waals surface area contributed by atoms with E-state index in [1.807, 2.05) is 0 Å². The van der Waals surface area contributed by atoms with E-state index in [0.717, 1.165) is 19.3 Å². The van der Waals surface area contributed by atoms with Gasteiger partial charge in [0.15, 0.2) is 0 Å². The molecule has 4 heteroatoms. The summed E-state index contributed by atoms with van der Waals surface area (Å²) in [7, 11) is 0. The summed E-state index contributed by atoms with van der Waals surface area (Å²) in [5, 5.41) is 7.18. The second-order valence-corrected chi connectivity index (χ2v) is 6.36. The first-order valence-electron chi connectivity index (χ1n) is 6.60. The van der Waals surface area contributed by atoms with Gasteiger partial charge in [-0.15, -0.1) is 0 Å². The van der Waals surface area contributed by atoms with E-state index in [1.165, 1.54) is 17.5 Å². The first kappa shape index (κ1) is 13.6. The number of amides is 1. The maximum atomic E-state index is 12.2. The van der Waals surface area contributed by atoms with Gasteiger partial charge in [0, 0.05) is 6.54 Å². The number of thiophene rings is 1. The minimum Gasteiger partial charge on any atom is -0.350 e. The zero-order valence-corrected chi connectivity index (χ0v) is 12.0. The molecule has 2 rings (SSSR count). The van der Waals surface area contributed by atoms with E-state index < -0.39 is 5.54 Å². The second-order valence-electron chi connectivity index (χ2n) is 5.62. The Balaban J connectivity index is 1.93. The van der Waals surface area contributed by atoms with Gasteiger partial charge in [-0.1, -0.05) is 19.8 Å². The lowest BCUT2D eigenvalue weighted by molar-refractivity contribution is -0.128. The number of hydrogen-bond acceptors (Lipinski definition) is 3. The third kappa shape index (κ3) is 2.93. The molecule has 18 heavy (non-hydrogen) atoms. The Labute approximate surface area is 113 Å². The van der Waals surface area contributed by atoms with Crippen LogP contribution in [0.5, 0.6) is 0 Å². The Morgan fingerprint density at radius 3 is 3.00 bits per heavy atom. The predicted octanol–water partition coefficient (Wildman–Crippen LogP) is 2.58. The first-order valence-corrected chi connectivity index (χ1v) is 7.54. The maximum Gasteiger partial charge on any atom is 0.240 e. The quantitative estimate of drug-likeness (QED) is 0.883. The molecule has 3 nitrogen and oxygen atoms in total. The summed E-state index contributed by atoms with van der Waals surface area (Å²) in [6, 6.07) is 0. The average Bonchev–Trinajstić information content (AvgIpc) is 2.71. The number of aryl methyl sites for hydroxylation is 1. The lowest BCUT2D eigenvalue weighted by atomic mass is 9.76. The molecular formula is C14H22N2OS. The molecule has 1 aromatic heterocycles. The number of nitrogens with one attached hydrogen (secondary N) is 1. The number of carbonyl (C=O) groups excluding carboxylic acids is 1. The van der Waals surface area contributed by atoms with Crippen LogP contribution in [0, 0.1) is 12.8 Å². The smallest absolute Gasteiger partial charge is 0.240 e. The third-order valence-electron chi connectivity index (χ3n) is 3.89. The number of hydrogen-bond donors (Lipinski definition) is 2. The van der Waals surface area contributed by atoms with E-state index in [0.29, 0.717) is 12.5 Å². The molecule has 0 saturated heterocycles. The second kappa shape index (κ2) is 5.41. The Morgan fingerprint density at radius 2 is 2.39 bits per heavy atom. The lowest BCUT2D eigenvalue weighted by Gasteiger charge is -2.35. The van der Waals surface area contributed by atoms with Crippen molar-refractivity contribution in [2.45, 2.75) is 51.6 Å². The van der Waals surface area contributed by atoms with Gasteiger partial charge in [-0.3, -0.25) is 4.79 Å². The van der Waals surface area contributed by atoms with Crippen molar-refractivity contribution in [3.05, 3.63) is 21.9 Å². The van der Waals surface area contributed by atoms with Gasteiger partial charge in [0.2, 0.25) is 5.91 Å². The SMILES string of the molecule is Cc1cscc1CNC(=O)C1(N)CCCC(C)C1. The van der Waals surface area contributed by atoms with Crippen LogP contribution >= 0.6 is 11.3 Å². The van der Waals surface area contributed by atoms with Crippen LogP contribution in [0.3, 0.4) is 0 Å². The zero-order valence-electron chi connectivity index (χ0n) is 11.2. The van der Waals surface area contributed by atoms with Gasteiger partial charge in [-0.25, -0.2) is 0 Å². The monoisotopic (exact) mass is 266 g/mol. The minimum absolute atomic E-state index is 0.0136. The summed E-state index contributed by atoms with van der Waals surface area (Å²) in [5.41, 5.74) is 8.04. The topological polar surface area (TPSA) is 55.1 Å². The van der Waals surface area contributed by atoms with Crippen LogP contribution in [0.1, 0.15) is 43.7 Å². The fourth-order valence-corrected chi connectivity index (χ4v) is 3.57. The summed E-state index contributed by atoms with van der Waals surface area (Å²) >= 11 is 1.67. The molecule has 100 valence electrons. The summed E-state index contributed by atoms with van der Waals surface area (Å²) in [4.78, 5) is 12.2. The molecule has 1 aromatic rings. The maximum absolute atomic E-state index is 12.2. The van der Waals surface area contributed by atoms with E-state index in [2.05, 4.69) is 29.9 Å². The fraction of sp³-hybridized carbons (Fsp3) is 0.643. The highest BCUT2D eigenvalue weighted by Gasteiger charge is 2.37. The van der Waals surface area contributed by atoms with Gasteiger partial charge >= 0.3 is 0 Å². The molecule has 1 aliphatic rings. The molecule has 2 atom stereocenters. The van der Waals surface area contributed by atoms with Gasteiger partial charge < -0.3 is 11.1 Å². The van der Waals surface area contributed by atoms with Crippen molar-refractivity contribution in [3.8, 4) is 0 Å². The van der Waals surface area contributed by atoms with Crippen LogP contribution in [-0.4, -0.2) is 11.4 Å². The fourth-order valence-electron chi connectivity index (χ4n) is 2.72. The molecule has 0 aromatic carbocycles. The minimum atomic E-state index is -0.651. The molecule has 0 aliphatic heterocycles. The summed E-state index contributed by atoms with van der Waals surface area (Å²) in [5.74, 6) is 0.567. The van der Waals surface area contributed by atoms with Crippen LogP contribution in [0.4, 0.5) is 0 Å². The summed E-state index contributed by atoms with van der Waals surface area (Å²) in [6.45, 7) is 4.84. The molecular weight excluding hydrogens is 244 g/mol. The number of nitrogens with two attached hydrogens (primary N) is 1. The highest BCUT2D eigenvalue weighted by molar-refractivity contribution is 7.08. The molecule has 2 unspecified atom stereocenters. The Hall–Kier alpha value is -0.870. The highest BCUT2D eigenvalue weighted by atomic mass is 32.1. The molecule has 0 bridgehead atoms. The van der Waals surface area contributed by atoms with Gasteiger partial charge in [0.1, 0.15) is 0 Å². The lowest BCUT2D eigenvalue weighted by Crippen LogP contribution is -2.56. The Kier molecular flexibility index (Phi) is 4.07. The van der Waals surface area contributed by atoms with E-state index in [4.69, 9.17) is 5.73 Å². The van der Waals surface area contributed by atoms with E-state index >= 15 is 0 Å². The molecule has 1 amide bonds.